The Hall–Kier alpha value is -3.92. The highest BCUT2D eigenvalue weighted by atomic mass is 32.2. The Balaban J connectivity index is 1.42. The van der Waals surface area contributed by atoms with E-state index in [1.54, 1.807) is 19.3 Å². The molecule has 0 fully saturated rings. The molecule has 0 aliphatic rings. The molecular weight excluding hydrogens is 438 g/mol. The summed E-state index contributed by atoms with van der Waals surface area (Å²) in [6.07, 6.45) is 3.56. The summed E-state index contributed by atoms with van der Waals surface area (Å²) in [5.74, 6) is 1.14. The van der Waals surface area contributed by atoms with Crippen LogP contribution < -0.4 is 10.9 Å². The largest absolute Gasteiger partial charge is 0.341 e. The van der Waals surface area contributed by atoms with Crippen molar-refractivity contribution in [2.45, 2.75) is 11.2 Å². The van der Waals surface area contributed by atoms with Gasteiger partial charge in [0, 0.05) is 26.5 Å². The molecule has 33 heavy (non-hydrogen) atoms. The minimum Gasteiger partial charge on any atom is -0.341 e. The van der Waals surface area contributed by atoms with Gasteiger partial charge in [-0.2, -0.15) is 0 Å². The first-order chi connectivity index (χ1) is 16.0. The Morgan fingerprint density at radius 3 is 2.58 bits per heavy atom. The maximum Gasteiger partial charge on any atom is 0.262 e. The van der Waals surface area contributed by atoms with Gasteiger partial charge in [-0.05, 0) is 17.7 Å². The zero-order valence-electron chi connectivity index (χ0n) is 18.0. The van der Waals surface area contributed by atoms with E-state index in [2.05, 4.69) is 20.5 Å². The van der Waals surface area contributed by atoms with Crippen molar-refractivity contribution < 1.29 is 4.79 Å². The molecule has 3 heterocycles. The number of aryl methyl sites for hydroxylation is 2. The van der Waals surface area contributed by atoms with Crippen LogP contribution in [0, 0.1) is 0 Å². The van der Waals surface area contributed by atoms with Gasteiger partial charge >= 0.3 is 0 Å². The maximum absolute atomic E-state index is 13.0. The van der Waals surface area contributed by atoms with Crippen molar-refractivity contribution >= 4 is 34.3 Å². The first-order valence-electron chi connectivity index (χ1n) is 10.3. The van der Waals surface area contributed by atoms with Crippen LogP contribution in [0.25, 0.3) is 16.7 Å². The number of nitrogens with one attached hydrogen (secondary N) is 1. The fraction of sp³-hybridized carbons (Fsp3) is 0.174. The maximum atomic E-state index is 13.0. The predicted molar refractivity (Wildman–Crippen MR) is 126 cm³/mol. The average Bonchev–Trinajstić information content (AvgIpc) is 3.46. The summed E-state index contributed by atoms with van der Waals surface area (Å²) in [6.45, 7) is 0. The van der Waals surface area contributed by atoms with Gasteiger partial charge in [-0.3, -0.25) is 18.6 Å². The van der Waals surface area contributed by atoms with Crippen LogP contribution in [0.15, 0.2) is 76.9 Å². The molecule has 2 aromatic carbocycles. The third-order valence-electron chi connectivity index (χ3n) is 5.48. The van der Waals surface area contributed by atoms with Crippen LogP contribution in [0.3, 0.4) is 0 Å². The molecule has 3 aromatic heterocycles. The molecule has 0 radical (unpaired) electrons. The third-order valence-corrected chi connectivity index (χ3v) is 6.41. The lowest BCUT2D eigenvalue weighted by Crippen LogP contribution is -2.32. The van der Waals surface area contributed by atoms with Crippen LogP contribution in [0.4, 0.5) is 0 Å². The minimum atomic E-state index is -0.379. The Bertz CT molecular complexity index is 1520. The number of fused-ring (bicyclic) bond motifs is 3. The van der Waals surface area contributed by atoms with Crippen molar-refractivity contribution in [2.24, 2.45) is 14.1 Å². The number of imidazole rings is 1. The van der Waals surface area contributed by atoms with Gasteiger partial charge in [-0.1, -0.05) is 54.2 Å². The Labute approximate surface area is 193 Å². The van der Waals surface area contributed by atoms with E-state index in [4.69, 9.17) is 0 Å². The highest BCUT2D eigenvalue weighted by Gasteiger charge is 2.22. The Morgan fingerprint density at radius 2 is 1.82 bits per heavy atom. The summed E-state index contributed by atoms with van der Waals surface area (Å²) >= 11 is 1.27. The highest BCUT2D eigenvalue weighted by Crippen LogP contribution is 2.23. The number of aromatic nitrogens is 6. The van der Waals surface area contributed by atoms with Gasteiger partial charge < -0.3 is 9.88 Å². The zero-order valence-corrected chi connectivity index (χ0v) is 18.9. The smallest absolute Gasteiger partial charge is 0.262 e. The monoisotopic (exact) mass is 459 g/mol. The molecule has 1 atom stereocenters. The first kappa shape index (κ1) is 21.0. The van der Waals surface area contributed by atoms with Gasteiger partial charge in [0.1, 0.15) is 11.9 Å². The lowest BCUT2D eigenvalue weighted by molar-refractivity contribution is -0.119. The second kappa shape index (κ2) is 8.55. The van der Waals surface area contributed by atoms with Gasteiger partial charge in [-0.15, -0.1) is 10.2 Å². The molecule has 1 amide bonds. The second-order valence-corrected chi connectivity index (χ2v) is 8.54. The van der Waals surface area contributed by atoms with Crippen LogP contribution in [0.2, 0.25) is 0 Å². The van der Waals surface area contributed by atoms with Crippen molar-refractivity contribution in [2.75, 3.05) is 5.75 Å². The summed E-state index contributed by atoms with van der Waals surface area (Å²) < 4.78 is 5.16. The van der Waals surface area contributed by atoms with Crippen molar-refractivity contribution in [1.29, 1.82) is 0 Å². The van der Waals surface area contributed by atoms with E-state index < -0.39 is 0 Å². The minimum absolute atomic E-state index is 0.131. The number of para-hydroxylation sites is 1. The molecule has 0 spiro atoms. The normalized spacial score (nSPS) is 12.3. The Morgan fingerprint density at radius 1 is 1.06 bits per heavy atom. The van der Waals surface area contributed by atoms with Gasteiger partial charge in [-0.25, -0.2) is 4.98 Å². The highest BCUT2D eigenvalue weighted by molar-refractivity contribution is 7.99. The van der Waals surface area contributed by atoms with Crippen molar-refractivity contribution in [3.05, 3.63) is 88.7 Å². The van der Waals surface area contributed by atoms with E-state index >= 15 is 0 Å². The first-order valence-corrected chi connectivity index (χ1v) is 11.3. The van der Waals surface area contributed by atoms with Crippen molar-refractivity contribution in [1.82, 2.24) is 34.0 Å². The summed E-state index contributed by atoms with van der Waals surface area (Å²) in [5.41, 5.74) is 1.51. The quantitative estimate of drug-likeness (QED) is 0.391. The van der Waals surface area contributed by atoms with E-state index in [0.29, 0.717) is 21.8 Å². The molecule has 10 heteroatoms. The summed E-state index contributed by atoms with van der Waals surface area (Å²) in [7, 11) is 3.56. The number of hydrogen-bond acceptors (Lipinski definition) is 6. The second-order valence-electron chi connectivity index (χ2n) is 7.60. The number of rotatable bonds is 6. The van der Waals surface area contributed by atoms with Crippen molar-refractivity contribution in [3.63, 3.8) is 0 Å². The number of carbonyl (C=O) groups excluding carboxylic acids is 1. The molecule has 0 bridgehead atoms. The van der Waals surface area contributed by atoms with Crippen LogP contribution in [0.1, 0.15) is 17.4 Å². The Kier molecular flexibility index (Phi) is 5.43. The molecule has 166 valence electrons. The summed E-state index contributed by atoms with van der Waals surface area (Å²) in [4.78, 5) is 30.0. The number of benzene rings is 2. The molecule has 0 saturated heterocycles. The topological polar surface area (TPSA) is 99.1 Å². The van der Waals surface area contributed by atoms with Crippen LogP contribution >= 0.6 is 11.8 Å². The molecule has 0 aliphatic carbocycles. The molecule has 9 nitrogen and oxygen atoms in total. The number of amides is 1. The fourth-order valence-corrected chi connectivity index (χ4v) is 4.59. The fourth-order valence-electron chi connectivity index (χ4n) is 3.84. The van der Waals surface area contributed by atoms with Crippen LogP contribution in [-0.2, 0) is 18.9 Å². The molecule has 0 saturated carbocycles. The SMILES string of the molecule is Cn1ccnc1C(NC(=O)CSc1nnc2n(C)c(=O)c3ccccc3n12)c1ccccc1. The summed E-state index contributed by atoms with van der Waals surface area (Å²) in [5, 5.41) is 12.6. The lowest BCUT2D eigenvalue weighted by Gasteiger charge is -2.19. The van der Waals surface area contributed by atoms with Crippen molar-refractivity contribution in [3.8, 4) is 0 Å². The van der Waals surface area contributed by atoms with Gasteiger partial charge in [0.2, 0.25) is 11.7 Å². The van der Waals surface area contributed by atoms with E-state index in [-0.39, 0.29) is 23.3 Å². The number of hydrogen-bond donors (Lipinski definition) is 1. The molecule has 1 unspecified atom stereocenters. The zero-order chi connectivity index (χ0) is 22.9. The van der Waals surface area contributed by atoms with E-state index in [0.717, 1.165) is 11.4 Å². The van der Waals surface area contributed by atoms with Gasteiger partial charge in [0.05, 0.1) is 16.7 Å². The third kappa shape index (κ3) is 3.78. The number of thioether (sulfide) groups is 1. The molecule has 1 N–H and O–H groups in total. The predicted octanol–water partition coefficient (Wildman–Crippen LogP) is 2.31. The molecule has 0 aliphatic heterocycles. The number of nitrogens with zero attached hydrogens (tertiary/aromatic N) is 6. The van der Waals surface area contributed by atoms with Gasteiger partial charge in [0.25, 0.3) is 5.56 Å². The number of carbonyl (C=O) groups is 1. The molecule has 5 aromatic rings. The summed E-state index contributed by atoms with van der Waals surface area (Å²) in [6, 6.07) is 16.7. The standard InChI is InChI=1S/C23H21N7O2S/c1-28-13-12-24-20(28)19(15-8-4-3-5-9-15)25-18(31)14-33-23-27-26-22-29(2)21(32)16-10-6-7-11-17(16)30(22)23/h3-13,19H,14H2,1-2H3,(H,25,31). The van der Waals surface area contributed by atoms with E-state index in [9.17, 15) is 9.59 Å². The van der Waals surface area contributed by atoms with Crippen LogP contribution in [-0.4, -0.2) is 40.4 Å². The molecular formula is C23H21N7O2S. The lowest BCUT2D eigenvalue weighted by atomic mass is 10.1. The van der Waals surface area contributed by atoms with E-state index in [1.807, 2.05) is 70.7 Å². The van der Waals surface area contributed by atoms with Crippen LogP contribution in [0.5, 0.6) is 0 Å². The van der Waals surface area contributed by atoms with E-state index in [1.165, 1.54) is 16.3 Å². The molecule has 5 rings (SSSR count). The van der Waals surface area contributed by atoms with Gasteiger partial charge in [0.15, 0.2) is 5.16 Å². The average molecular weight is 460 g/mol.